The van der Waals surface area contributed by atoms with Gasteiger partial charge in [-0.05, 0) is 68.1 Å². The van der Waals surface area contributed by atoms with Crippen molar-refractivity contribution in [2.45, 2.75) is 71.0 Å². The second-order valence-electron chi connectivity index (χ2n) is 9.57. The second-order valence-corrected chi connectivity index (χ2v) is 9.57. The van der Waals surface area contributed by atoms with Gasteiger partial charge in [-0.1, -0.05) is 25.5 Å². The fourth-order valence-corrected chi connectivity index (χ4v) is 6.97. The zero-order valence-electron chi connectivity index (χ0n) is 15.4. The van der Waals surface area contributed by atoms with Gasteiger partial charge >= 0.3 is 0 Å². The van der Waals surface area contributed by atoms with Crippen LogP contribution in [-0.4, -0.2) is 39.9 Å². The van der Waals surface area contributed by atoms with E-state index >= 15 is 0 Å². The lowest BCUT2D eigenvalue weighted by molar-refractivity contribution is -0.136. The third kappa shape index (κ3) is 2.40. The number of hydrogen-bond donors (Lipinski definition) is 3. The molecule has 4 nitrogen and oxygen atoms in total. The lowest BCUT2D eigenvalue weighted by Gasteiger charge is -2.56. The van der Waals surface area contributed by atoms with Gasteiger partial charge in [0.25, 0.3) is 0 Å². The van der Waals surface area contributed by atoms with Crippen molar-refractivity contribution in [3.05, 3.63) is 11.6 Å². The molecule has 140 valence electrons. The number of hydrogen-bond acceptors (Lipinski definition) is 4. The van der Waals surface area contributed by atoms with Crippen LogP contribution in [0.4, 0.5) is 0 Å². The summed E-state index contributed by atoms with van der Waals surface area (Å²) in [5.74, 6) is 1.16. The van der Waals surface area contributed by atoms with Crippen LogP contribution >= 0.6 is 0 Å². The van der Waals surface area contributed by atoms with Crippen LogP contribution in [0.5, 0.6) is 0 Å². The minimum Gasteiger partial charge on any atom is -0.394 e. The van der Waals surface area contributed by atoms with E-state index in [1.54, 1.807) is 0 Å². The summed E-state index contributed by atoms with van der Waals surface area (Å²) in [4.78, 5) is 13.0. The van der Waals surface area contributed by atoms with Crippen molar-refractivity contribution in [3.8, 4) is 0 Å². The molecule has 0 aliphatic heterocycles. The molecule has 0 aromatic rings. The van der Waals surface area contributed by atoms with Crippen LogP contribution < -0.4 is 0 Å². The molecule has 0 bridgehead atoms. The van der Waals surface area contributed by atoms with E-state index in [2.05, 4.69) is 19.9 Å². The number of aliphatic hydroxyl groups is 3. The van der Waals surface area contributed by atoms with Crippen LogP contribution in [-0.2, 0) is 4.79 Å². The Balaban J connectivity index is 1.66. The zero-order valence-corrected chi connectivity index (χ0v) is 15.4. The molecule has 0 spiro atoms. The van der Waals surface area contributed by atoms with Gasteiger partial charge in [0.05, 0.1) is 18.8 Å². The van der Waals surface area contributed by atoms with E-state index in [1.165, 1.54) is 5.57 Å². The molecule has 8 atom stereocenters. The number of rotatable bonds is 2. The van der Waals surface area contributed by atoms with Crippen LogP contribution in [0.2, 0.25) is 0 Å². The summed E-state index contributed by atoms with van der Waals surface area (Å²) >= 11 is 0. The highest BCUT2D eigenvalue weighted by Crippen LogP contribution is 2.64. The highest BCUT2D eigenvalue weighted by atomic mass is 16.3. The topological polar surface area (TPSA) is 77.8 Å². The summed E-state index contributed by atoms with van der Waals surface area (Å²) in [6.07, 6.45) is 7.67. The zero-order chi connectivity index (χ0) is 18.0. The molecule has 0 heterocycles. The maximum atomic E-state index is 13.0. The fourth-order valence-electron chi connectivity index (χ4n) is 6.97. The van der Waals surface area contributed by atoms with E-state index < -0.39 is 12.0 Å². The first-order valence-electron chi connectivity index (χ1n) is 10.0. The number of Topliss-reactive ketones (excluding diaryl/α,β-unsaturated/α-hetero) is 1. The number of carbonyl (C=O) groups excluding carboxylic acids is 1. The fraction of sp³-hybridized carbons (Fsp3) is 0.857. The molecule has 4 heteroatoms. The molecule has 2 unspecified atom stereocenters. The van der Waals surface area contributed by atoms with Gasteiger partial charge in [-0.2, -0.15) is 0 Å². The van der Waals surface area contributed by atoms with Crippen LogP contribution in [0.15, 0.2) is 11.6 Å². The van der Waals surface area contributed by atoms with Crippen molar-refractivity contribution >= 4 is 5.78 Å². The van der Waals surface area contributed by atoms with Gasteiger partial charge in [0, 0.05) is 11.3 Å². The summed E-state index contributed by atoms with van der Waals surface area (Å²) < 4.78 is 0. The van der Waals surface area contributed by atoms with Crippen molar-refractivity contribution in [1.29, 1.82) is 0 Å². The maximum absolute atomic E-state index is 13.0. The first-order chi connectivity index (χ1) is 11.8. The molecule has 3 saturated carbocycles. The van der Waals surface area contributed by atoms with E-state index in [0.717, 1.165) is 44.9 Å². The minimum absolute atomic E-state index is 0.167. The van der Waals surface area contributed by atoms with Crippen molar-refractivity contribution in [2.24, 2.45) is 34.5 Å². The lowest BCUT2D eigenvalue weighted by Crippen LogP contribution is -2.50. The lowest BCUT2D eigenvalue weighted by atomic mass is 9.48. The van der Waals surface area contributed by atoms with Crippen LogP contribution in [0, 0.1) is 34.5 Å². The molecular formula is C21H32O4. The van der Waals surface area contributed by atoms with Crippen molar-refractivity contribution in [3.63, 3.8) is 0 Å². The summed E-state index contributed by atoms with van der Waals surface area (Å²) in [5, 5.41) is 29.6. The highest BCUT2D eigenvalue weighted by molar-refractivity contribution is 5.90. The normalized spacial score (nSPS) is 50.5. The minimum atomic E-state index is -0.913. The first-order valence-corrected chi connectivity index (χ1v) is 10.0. The quantitative estimate of drug-likeness (QED) is 0.670. The van der Waals surface area contributed by atoms with Crippen molar-refractivity contribution < 1.29 is 20.1 Å². The van der Waals surface area contributed by atoms with Crippen LogP contribution in [0.3, 0.4) is 0 Å². The molecule has 0 amide bonds. The Labute approximate surface area is 150 Å². The first kappa shape index (κ1) is 17.7. The Kier molecular flexibility index (Phi) is 4.17. The van der Waals surface area contributed by atoms with E-state index in [-0.39, 0.29) is 29.3 Å². The molecule has 3 fully saturated rings. The van der Waals surface area contributed by atoms with Gasteiger partial charge in [-0.25, -0.2) is 0 Å². The molecule has 25 heavy (non-hydrogen) atoms. The molecular weight excluding hydrogens is 316 g/mol. The smallest absolute Gasteiger partial charge is 0.144 e. The average molecular weight is 348 g/mol. The second kappa shape index (κ2) is 5.90. The number of ketones is 1. The maximum Gasteiger partial charge on any atom is 0.144 e. The molecule has 0 saturated heterocycles. The van der Waals surface area contributed by atoms with E-state index in [1.807, 2.05) is 0 Å². The summed E-state index contributed by atoms with van der Waals surface area (Å²) in [7, 11) is 0. The third-order valence-electron chi connectivity index (χ3n) is 8.53. The van der Waals surface area contributed by atoms with Crippen LogP contribution in [0.25, 0.3) is 0 Å². The predicted molar refractivity (Wildman–Crippen MR) is 94.7 cm³/mol. The molecule has 0 aromatic heterocycles. The average Bonchev–Trinajstić information content (AvgIpc) is 2.87. The van der Waals surface area contributed by atoms with E-state index in [4.69, 9.17) is 0 Å². The van der Waals surface area contributed by atoms with Gasteiger partial charge in [0.15, 0.2) is 0 Å². The van der Waals surface area contributed by atoms with Gasteiger partial charge in [0.2, 0.25) is 0 Å². The molecule has 3 N–H and O–H groups in total. The van der Waals surface area contributed by atoms with Gasteiger partial charge < -0.3 is 15.3 Å². The largest absolute Gasteiger partial charge is 0.394 e. The molecule has 0 aromatic carbocycles. The van der Waals surface area contributed by atoms with Crippen molar-refractivity contribution in [2.75, 3.05) is 6.61 Å². The molecule has 0 radical (unpaired) electrons. The summed E-state index contributed by atoms with van der Waals surface area (Å²) in [6.45, 7) is 4.15. The summed E-state index contributed by atoms with van der Waals surface area (Å²) in [6, 6.07) is 0. The number of allylic oxidation sites excluding steroid dienone is 1. The Hall–Kier alpha value is -0.710. The van der Waals surface area contributed by atoms with E-state index in [0.29, 0.717) is 17.8 Å². The van der Waals surface area contributed by atoms with Gasteiger partial charge in [-0.15, -0.1) is 0 Å². The SMILES string of the molecule is C[C@]12CC[C@H](O)CC1=CC[C@@H]1[C@@H]2CC[C@]2(C)C(=O)C(C(O)CO)C[C@@H]12. The number of carbonyl (C=O) groups is 1. The van der Waals surface area contributed by atoms with Crippen LogP contribution in [0.1, 0.15) is 58.8 Å². The monoisotopic (exact) mass is 348 g/mol. The van der Waals surface area contributed by atoms with E-state index in [9.17, 15) is 20.1 Å². The molecule has 4 aliphatic rings. The molecule has 4 rings (SSSR count). The predicted octanol–water partition coefficient (Wildman–Crippen LogP) is 2.46. The van der Waals surface area contributed by atoms with Crippen molar-refractivity contribution in [1.82, 2.24) is 0 Å². The Morgan fingerprint density at radius 2 is 1.92 bits per heavy atom. The number of fused-ring (bicyclic) bond motifs is 5. The Morgan fingerprint density at radius 1 is 1.20 bits per heavy atom. The molecule has 4 aliphatic carbocycles. The Bertz CT molecular complexity index is 599. The Morgan fingerprint density at radius 3 is 2.64 bits per heavy atom. The highest BCUT2D eigenvalue weighted by Gasteiger charge is 2.61. The summed E-state index contributed by atoms with van der Waals surface area (Å²) in [5.41, 5.74) is 1.27. The standard InChI is InChI=1S/C21H32O4/c1-20-7-5-13(23)9-12(20)3-4-14-16(20)6-8-21(2)17(14)10-15(19(21)25)18(24)11-22/h3,13-18,22-24H,4-11H2,1-2H3/t13-,14+,15?,16-,17-,18?,20-,21-/m0/s1. The number of aliphatic hydroxyl groups excluding tert-OH is 3. The third-order valence-corrected chi connectivity index (χ3v) is 8.53. The van der Waals surface area contributed by atoms with Gasteiger partial charge in [-0.3, -0.25) is 4.79 Å². The van der Waals surface area contributed by atoms with Gasteiger partial charge in [0.1, 0.15) is 5.78 Å².